The summed E-state index contributed by atoms with van der Waals surface area (Å²) in [5.74, 6) is 0.0503. The maximum absolute atomic E-state index is 12.2. The quantitative estimate of drug-likeness (QED) is 0.679. The third-order valence-electron chi connectivity index (χ3n) is 3.27. The lowest BCUT2D eigenvalue weighted by molar-refractivity contribution is -0.150. The second kappa shape index (κ2) is 4.41. The standard InChI is InChI=1S/C11H18N2O3/c1-11(4-2-8-16-11)10(15)13-6-3-9(14)12-5-7-13/h2-8H2,1H3,(H,12,14). The number of rotatable bonds is 1. The van der Waals surface area contributed by atoms with Crippen molar-refractivity contribution >= 4 is 11.8 Å². The predicted molar refractivity (Wildman–Crippen MR) is 57.8 cm³/mol. The van der Waals surface area contributed by atoms with Crippen molar-refractivity contribution in [2.24, 2.45) is 0 Å². The van der Waals surface area contributed by atoms with Gasteiger partial charge in [0.2, 0.25) is 5.91 Å². The van der Waals surface area contributed by atoms with Gasteiger partial charge in [0.15, 0.2) is 0 Å². The second-order valence-corrected chi connectivity index (χ2v) is 4.58. The Bertz CT molecular complexity index is 298. The molecule has 0 aromatic rings. The lowest BCUT2D eigenvalue weighted by Gasteiger charge is -2.29. The number of hydrogen-bond acceptors (Lipinski definition) is 3. The fourth-order valence-corrected chi connectivity index (χ4v) is 2.25. The van der Waals surface area contributed by atoms with E-state index in [9.17, 15) is 9.59 Å². The van der Waals surface area contributed by atoms with Crippen LogP contribution in [0.4, 0.5) is 0 Å². The summed E-state index contributed by atoms with van der Waals surface area (Å²) in [6.07, 6.45) is 2.11. The first-order valence-corrected chi connectivity index (χ1v) is 5.82. The highest BCUT2D eigenvalue weighted by Gasteiger charge is 2.40. The number of amides is 2. The predicted octanol–water partition coefficient (Wildman–Crippen LogP) is -0.0960. The van der Waals surface area contributed by atoms with Gasteiger partial charge < -0.3 is 15.0 Å². The Hall–Kier alpha value is -1.10. The SMILES string of the molecule is CC1(C(=O)N2CCNC(=O)CC2)CCCO1. The first-order chi connectivity index (χ1) is 7.62. The van der Waals surface area contributed by atoms with Crippen LogP contribution in [0, 0.1) is 0 Å². The summed E-state index contributed by atoms with van der Waals surface area (Å²) >= 11 is 0. The van der Waals surface area contributed by atoms with Gasteiger partial charge in [-0.1, -0.05) is 0 Å². The molecular formula is C11H18N2O3. The molecule has 5 nitrogen and oxygen atoms in total. The van der Waals surface area contributed by atoms with Gasteiger partial charge in [-0.2, -0.15) is 0 Å². The Morgan fingerprint density at radius 2 is 2.31 bits per heavy atom. The molecule has 2 heterocycles. The van der Waals surface area contributed by atoms with E-state index in [1.807, 2.05) is 6.92 Å². The molecule has 1 unspecified atom stereocenters. The van der Waals surface area contributed by atoms with Crippen LogP contribution in [0.2, 0.25) is 0 Å². The average molecular weight is 226 g/mol. The minimum Gasteiger partial charge on any atom is -0.365 e. The van der Waals surface area contributed by atoms with E-state index < -0.39 is 5.60 Å². The number of nitrogens with zero attached hydrogens (tertiary/aromatic N) is 1. The molecule has 0 radical (unpaired) electrons. The zero-order valence-electron chi connectivity index (χ0n) is 9.62. The van der Waals surface area contributed by atoms with E-state index >= 15 is 0 Å². The highest BCUT2D eigenvalue weighted by atomic mass is 16.5. The first-order valence-electron chi connectivity index (χ1n) is 5.82. The molecule has 5 heteroatoms. The minimum absolute atomic E-state index is 0.0211. The van der Waals surface area contributed by atoms with E-state index in [0.29, 0.717) is 32.7 Å². The van der Waals surface area contributed by atoms with Crippen molar-refractivity contribution < 1.29 is 14.3 Å². The van der Waals surface area contributed by atoms with E-state index in [4.69, 9.17) is 4.74 Å². The number of nitrogens with one attached hydrogen (secondary N) is 1. The summed E-state index contributed by atoms with van der Waals surface area (Å²) in [6.45, 7) is 4.14. The van der Waals surface area contributed by atoms with Crippen LogP contribution in [0.25, 0.3) is 0 Å². The van der Waals surface area contributed by atoms with Crippen LogP contribution >= 0.6 is 0 Å². The molecule has 2 fully saturated rings. The third-order valence-corrected chi connectivity index (χ3v) is 3.27. The van der Waals surface area contributed by atoms with Crippen molar-refractivity contribution in [3.8, 4) is 0 Å². The monoisotopic (exact) mass is 226 g/mol. The van der Waals surface area contributed by atoms with Crippen LogP contribution in [0.1, 0.15) is 26.2 Å². The van der Waals surface area contributed by atoms with Gasteiger partial charge in [-0.05, 0) is 19.8 Å². The number of carbonyl (C=O) groups excluding carboxylic acids is 2. The topological polar surface area (TPSA) is 58.6 Å². The van der Waals surface area contributed by atoms with Gasteiger partial charge in [-0.3, -0.25) is 9.59 Å². The lowest BCUT2D eigenvalue weighted by atomic mass is 10.0. The van der Waals surface area contributed by atoms with Crippen LogP contribution in [0.3, 0.4) is 0 Å². The summed E-state index contributed by atoms with van der Waals surface area (Å²) in [5.41, 5.74) is -0.659. The largest absolute Gasteiger partial charge is 0.365 e. The number of hydrogen-bond donors (Lipinski definition) is 1. The normalized spacial score (nSPS) is 31.1. The Morgan fingerprint density at radius 1 is 1.50 bits per heavy atom. The minimum atomic E-state index is -0.659. The molecule has 1 atom stereocenters. The van der Waals surface area contributed by atoms with Gasteiger partial charge in [0.25, 0.3) is 5.91 Å². The summed E-state index contributed by atoms with van der Waals surface area (Å²) in [7, 11) is 0. The molecule has 0 aromatic heterocycles. The van der Waals surface area contributed by atoms with Gasteiger partial charge >= 0.3 is 0 Å². The van der Waals surface area contributed by atoms with Gasteiger partial charge in [-0.25, -0.2) is 0 Å². The Labute approximate surface area is 95.1 Å². The van der Waals surface area contributed by atoms with E-state index in [2.05, 4.69) is 5.32 Å². The van der Waals surface area contributed by atoms with Gasteiger partial charge in [-0.15, -0.1) is 0 Å². The van der Waals surface area contributed by atoms with E-state index in [1.165, 1.54) is 0 Å². The van der Waals surface area contributed by atoms with Crippen molar-refractivity contribution in [2.45, 2.75) is 31.8 Å². The van der Waals surface area contributed by atoms with Crippen LogP contribution in [-0.2, 0) is 14.3 Å². The van der Waals surface area contributed by atoms with E-state index in [0.717, 1.165) is 12.8 Å². The van der Waals surface area contributed by atoms with Gasteiger partial charge in [0, 0.05) is 32.7 Å². The number of carbonyl (C=O) groups is 2. The second-order valence-electron chi connectivity index (χ2n) is 4.58. The highest BCUT2D eigenvalue weighted by molar-refractivity contribution is 5.86. The van der Waals surface area contributed by atoms with Crippen LogP contribution < -0.4 is 5.32 Å². The molecule has 2 aliphatic heterocycles. The molecule has 0 aromatic carbocycles. The van der Waals surface area contributed by atoms with Gasteiger partial charge in [0.1, 0.15) is 5.60 Å². The summed E-state index contributed by atoms with van der Waals surface area (Å²) in [5, 5.41) is 2.76. The molecule has 2 aliphatic rings. The van der Waals surface area contributed by atoms with E-state index in [1.54, 1.807) is 4.90 Å². The molecule has 2 amide bonds. The molecule has 0 aliphatic carbocycles. The molecule has 0 saturated carbocycles. The number of ether oxygens (including phenoxy) is 1. The first kappa shape index (κ1) is 11.4. The van der Waals surface area contributed by atoms with Crippen LogP contribution in [0.15, 0.2) is 0 Å². The summed E-state index contributed by atoms with van der Waals surface area (Å²) < 4.78 is 5.53. The zero-order chi connectivity index (χ0) is 11.6. The van der Waals surface area contributed by atoms with Crippen LogP contribution in [0.5, 0.6) is 0 Å². The molecule has 16 heavy (non-hydrogen) atoms. The molecule has 0 bridgehead atoms. The Morgan fingerprint density at radius 3 is 3.00 bits per heavy atom. The Kier molecular flexibility index (Phi) is 3.14. The summed E-state index contributed by atoms with van der Waals surface area (Å²) in [6, 6.07) is 0. The molecule has 0 spiro atoms. The van der Waals surface area contributed by atoms with Crippen molar-refractivity contribution in [1.29, 1.82) is 0 Å². The Balaban J connectivity index is 2.00. The highest BCUT2D eigenvalue weighted by Crippen LogP contribution is 2.27. The van der Waals surface area contributed by atoms with E-state index in [-0.39, 0.29) is 11.8 Å². The fraction of sp³-hybridized carbons (Fsp3) is 0.818. The van der Waals surface area contributed by atoms with Gasteiger partial charge in [0.05, 0.1) is 0 Å². The molecule has 90 valence electrons. The van der Waals surface area contributed by atoms with Crippen molar-refractivity contribution in [1.82, 2.24) is 10.2 Å². The smallest absolute Gasteiger partial charge is 0.254 e. The lowest BCUT2D eigenvalue weighted by Crippen LogP contribution is -2.47. The molecular weight excluding hydrogens is 208 g/mol. The maximum Gasteiger partial charge on any atom is 0.254 e. The fourth-order valence-electron chi connectivity index (χ4n) is 2.25. The maximum atomic E-state index is 12.2. The molecule has 1 N–H and O–H groups in total. The van der Waals surface area contributed by atoms with Crippen LogP contribution in [-0.4, -0.2) is 48.6 Å². The molecule has 2 saturated heterocycles. The molecule has 2 rings (SSSR count). The third kappa shape index (κ3) is 2.19. The summed E-state index contributed by atoms with van der Waals surface area (Å²) in [4.78, 5) is 25.2. The average Bonchev–Trinajstić information content (AvgIpc) is 2.59. The van der Waals surface area contributed by atoms with Crippen molar-refractivity contribution in [2.75, 3.05) is 26.2 Å². The van der Waals surface area contributed by atoms with Crippen molar-refractivity contribution in [3.63, 3.8) is 0 Å². The van der Waals surface area contributed by atoms with Crippen molar-refractivity contribution in [3.05, 3.63) is 0 Å². The zero-order valence-corrected chi connectivity index (χ0v) is 9.62.